The highest BCUT2D eigenvalue weighted by Gasteiger charge is 2.35. The van der Waals surface area contributed by atoms with Crippen LogP contribution in [0.2, 0.25) is 0 Å². The average molecular weight is 851 g/mol. The Morgan fingerprint density at radius 2 is 1.28 bits per heavy atom. The number of benzene rings is 3. The SMILES string of the molecule is CC(C)(C)c1nc2cc(S(=O)(=O)N3CCC(c4cccc(C5CC(Cn6c(C(C)(C)C)nc7cc(S(=O)(=O)Cl)ccc76)CCO5)c4)C3)ccc2n1CC1CCOCC1. The summed E-state index contributed by atoms with van der Waals surface area (Å²) in [5, 5.41) is 0. The molecule has 0 amide bonds. The van der Waals surface area contributed by atoms with E-state index in [2.05, 4.69) is 74.9 Å². The molecule has 5 aromatic rings. The largest absolute Gasteiger partial charge is 0.381 e. The number of fused-ring (bicyclic) bond motifs is 2. The van der Waals surface area contributed by atoms with Gasteiger partial charge in [0.15, 0.2) is 0 Å². The van der Waals surface area contributed by atoms with Crippen LogP contribution in [0, 0.1) is 11.8 Å². The van der Waals surface area contributed by atoms with Gasteiger partial charge in [-0.05, 0) is 97.4 Å². The lowest BCUT2D eigenvalue weighted by atomic mass is 9.89. The number of hydrogen-bond acceptors (Lipinski definition) is 8. The quantitative estimate of drug-likeness (QED) is 0.135. The fourth-order valence-corrected chi connectivity index (χ4v) is 11.4. The molecule has 3 aliphatic rings. The Morgan fingerprint density at radius 3 is 1.90 bits per heavy atom. The van der Waals surface area contributed by atoms with Gasteiger partial charge in [-0.15, -0.1) is 0 Å². The molecule has 3 fully saturated rings. The summed E-state index contributed by atoms with van der Waals surface area (Å²) >= 11 is 0. The van der Waals surface area contributed by atoms with Gasteiger partial charge in [0.25, 0.3) is 9.05 Å². The molecule has 0 aliphatic carbocycles. The Hall–Kier alpha value is -3.33. The maximum absolute atomic E-state index is 14.2. The van der Waals surface area contributed by atoms with Gasteiger partial charge >= 0.3 is 0 Å². The number of nitrogens with zero attached hydrogens (tertiary/aromatic N) is 5. The van der Waals surface area contributed by atoms with E-state index in [-0.39, 0.29) is 32.6 Å². The topological polar surface area (TPSA) is 126 Å². The van der Waals surface area contributed by atoms with Crippen molar-refractivity contribution in [2.75, 3.05) is 32.9 Å². The van der Waals surface area contributed by atoms with Crippen molar-refractivity contribution in [1.82, 2.24) is 23.4 Å². The molecule has 3 unspecified atom stereocenters. The minimum Gasteiger partial charge on any atom is -0.381 e. The van der Waals surface area contributed by atoms with Crippen molar-refractivity contribution in [3.8, 4) is 0 Å². The highest BCUT2D eigenvalue weighted by Crippen LogP contribution is 2.39. The van der Waals surface area contributed by atoms with E-state index in [0.29, 0.717) is 37.0 Å². The third kappa shape index (κ3) is 8.36. The Bertz CT molecular complexity index is 2550. The highest BCUT2D eigenvalue weighted by molar-refractivity contribution is 8.13. The van der Waals surface area contributed by atoms with Gasteiger partial charge in [0, 0.05) is 67.5 Å². The summed E-state index contributed by atoms with van der Waals surface area (Å²) in [4.78, 5) is 10.3. The van der Waals surface area contributed by atoms with E-state index in [1.54, 1.807) is 28.6 Å². The van der Waals surface area contributed by atoms with Gasteiger partial charge in [0.1, 0.15) is 11.6 Å². The van der Waals surface area contributed by atoms with Crippen LogP contribution in [0.4, 0.5) is 0 Å². The highest BCUT2D eigenvalue weighted by atomic mass is 35.7. The van der Waals surface area contributed by atoms with E-state index in [0.717, 1.165) is 97.7 Å². The normalized spacial score (nSPS) is 22.0. The molecule has 312 valence electrons. The molecule has 0 saturated carbocycles. The average Bonchev–Trinajstić information content (AvgIpc) is 3.92. The van der Waals surface area contributed by atoms with Gasteiger partial charge in [-0.2, -0.15) is 4.31 Å². The number of halogens is 1. The first kappa shape index (κ1) is 41.4. The number of hydrogen-bond donors (Lipinski definition) is 0. The van der Waals surface area contributed by atoms with Crippen molar-refractivity contribution in [3.05, 3.63) is 83.4 Å². The molecule has 58 heavy (non-hydrogen) atoms. The summed E-state index contributed by atoms with van der Waals surface area (Å²) in [7, 11) is -1.94. The van der Waals surface area contributed by atoms with E-state index >= 15 is 0 Å². The summed E-state index contributed by atoms with van der Waals surface area (Å²) < 4.78 is 70.7. The lowest BCUT2D eigenvalue weighted by Gasteiger charge is -2.32. The van der Waals surface area contributed by atoms with Crippen LogP contribution in [-0.4, -0.2) is 73.2 Å². The Morgan fingerprint density at radius 1 is 0.707 bits per heavy atom. The predicted molar refractivity (Wildman–Crippen MR) is 227 cm³/mol. The molecule has 3 aliphatic heterocycles. The van der Waals surface area contributed by atoms with Crippen LogP contribution < -0.4 is 0 Å². The minimum absolute atomic E-state index is 0.0431. The summed E-state index contributed by atoms with van der Waals surface area (Å²) in [6.07, 6.45) is 4.37. The smallest absolute Gasteiger partial charge is 0.261 e. The molecule has 0 radical (unpaired) electrons. The van der Waals surface area contributed by atoms with Crippen LogP contribution in [0.5, 0.6) is 0 Å². The molecule has 3 saturated heterocycles. The molecule has 3 aromatic carbocycles. The second kappa shape index (κ2) is 15.6. The van der Waals surface area contributed by atoms with Crippen LogP contribution in [0.25, 0.3) is 22.1 Å². The first-order valence-corrected chi connectivity index (χ1v) is 24.4. The molecule has 0 spiro atoms. The molecule has 14 heteroatoms. The van der Waals surface area contributed by atoms with Crippen molar-refractivity contribution >= 4 is 51.8 Å². The first-order valence-electron chi connectivity index (χ1n) is 20.6. The third-order valence-electron chi connectivity index (χ3n) is 12.2. The second-order valence-electron chi connectivity index (χ2n) is 18.7. The second-order valence-corrected chi connectivity index (χ2v) is 23.2. The fourth-order valence-electron chi connectivity index (χ4n) is 9.14. The summed E-state index contributed by atoms with van der Waals surface area (Å²) in [5.74, 6) is 2.74. The van der Waals surface area contributed by atoms with E-state index < -0.39 is 19.1 Å². The molecule has 0 N–H and O–H groups in total. The summed E-state index contributed by atoms with van der Waals surface area (Å²) in [6.45, 7) is 17.4. The van der Waals surface area contributed by atoms with Crippen LogP contribution >= 0.6 is 10.7 Å². The molecule has 2 aromatic heterocycles. The van der Waals surface area contributed by atoms with Crippen LogP contribution in [0.15, 0.2) is 70.5 Å². The van der Waals surface area contributed by atoms with Gasteiger partial charge < -0.3 is 18.6 Å². The van der Waals surface area contributed by atoms with Gasteiger partial charge in [0.05, 0.1) is 38.0 Å². The minimum atomic E-state index is -3.88. The van der Waals surface area contributed by atoms with Gasteiger partial charge in [-0.25, -0.2) is 26.8 Å². The van der Waals surface area contributed by atoms with E-state index in [4.69, 9.17) is 30.1 Å². The van der Waals surface area contributed by atoms with E-state index in [1.807, 2.05) is 12.1 Å². The van der Waals surface area contributed by atoms with Crippen LogP contribution in [0.1, 0.15) is 108 Å². The monoisotopic (exact) mass is 849 g/mol. The Balaban J connectivity index is 0.979. The molecular formula is C44H56ClN5O6S2. The zero-order valence-corrected chi connectivity index (χ0v) is 36.8. The molecule has 8 rings (SSSR count). The maximum Gasteiger partial charge on any atom is 0.261 e. The number of ether oxygens (including phenoxy) is 2. The summed E-state index contributed by atoms with van der Waals surface area (Å²) in [5.41, 5.74) is 4.96. The van der Waals surface area contributed by atoms with Crippen LogP contribution in [-0.2, 0) is 52.5 Å². The molecule has 5 heterocycles. The zero-order valence-electron chi connectivity index (χ0n) is 34.4. The number of aromatic nitrogens is 4. The van der Waals surface area contributed by atoms with E-state index in [9.17, 15) is 16.8 Å². The standard InChI is InChI=1S/C44H56ClN5O6S2/c1-43(2,3)41-47-37-25-35(11-13-39(37)49(41)26-29-15-19-55-20-16-29)58(53,54)48-18-14-33(28-48)31-8-7-9-32(23-31)40-22-30(17-21-56-40)27-50-38-12-10-34(57(45,51)52)24-36(38)46-42(50)44(4,5)6/h7-13,23-25,29-30,33,40H,14-22,26-28H2,1-6H3. The Labute approximate surface area is 347 Å². The van der Waals surface area contributed by atoms with Crippen molar-refractivity contribution in [3.63, 3.8) is 0 Å². The predicted octanol–water partition coefficient (Wildman–Crippen LogP) is 8.68. The maximum atomic E-state index is 14.2. The summed E-state index contributed by atoms with van der Waals surface area (Å²) in [6, 6.07) is 18.9. The third-order valence-corrected chi connectivity index (χ3v) is 15.4. The molecular weight excluding hydrogens is 794 g/mol. The number of rotatable bonds is 9. The van der Waals surface area contributed by atoms with Gasteiger partial charge in [0.2, 0.25) is 10.0 Å². The zero-order chi connectivity index (χ0) is 41.2. The molecule has 0 bridgehead atoms. The van der Waals surface area contributed by atoms with Crippen LogP contribution in [0.3, 0.4) is 0 Å². The lowest BCUT2D eigenvalue weighted by Crippen LogP contribution is -2.28. The molecule has 11 nitrogen and oxygen atoms in total. The van der Waals surface area contributed by atoms with Crippen molar-refractivity contribution in [1.29, 1.82) is 0 Å². The van der Waals surface area contributed by atoms with Crippen molar-refractivity contribution in [2.24, 2.45) is 11.8 Å². The molecule has 3 atom stereocenters. The Kier molecular flexibility index (Phi) is 11.1. The van der Waals surface area contributed by atoms with Gasteiger partial charge in [-0.1, -0.05) is 65.8 Å². The first-order chi connectivity index (χ1) is 27.4. The van der Waals surface area contributed by atoms with E-state index in [1.165, 1.54) is 0 Å². The number of sulfonamides is 1. The lowest BCUT2D eigenvalue weighted by molar-refractivity contribution is -0.0139. The van der Waals surface area contributed by atoms with Crippen molar-refractivity contribution in [2.45, 2.75) is 119 Å². The number of imidazole rings is 2. The van der Waals surface area contributed by atoms with Gasteiger partial charge in [-0.3, -0.25) is 0 Å². The fraction of sp³-hybridized carbons (Fsp3) is 0.545. The van der Waals surface area contributed by atoms with Crippen molar-refractivity contribution < 1.29 is 26.3 Å².